The van der Waals surface area contributed by atoms with Crippen LogP contribution in [0.25, 0.3) is 0 Å². The van der Waals surface area contributed by atoms with Crippen molar-refractivity contribution >= 4 is 11.9 Å². The van der Waals surface area contributed by atoms with Gasteiger partial charge in [-0.25, -0.2) is 0 Å². The van der Waals surface area contributed by atoms with Crippen molar-refractivity contribution in [2.45, 2.75) is 45.6 Å². The predicted molar refractivity (Wildman–Crippen MR) is 82.0 cm³/mol. The fraction of sp³-hybridized carbons (Fsp3) is 0.867. The SMILES string of the molecule is CC(C)(C)OC(=O)CCC(=O)NCCCN1CCNCC1. The molecule has 2 N–H and O–H groups in total. The van der Waals surface area contributed by atoms with Crippen molar-refractivity contribution in [2.24, 2.45) is 0 Å². The zero-order chi connectivity index (χ0) is 15.7. The maximum atomic E-state index is 11.6. The molecule has 0 spiro atoms. The van der Waals surface area contributed by atoms with Crippen molar-refractivity contribution in [3.8, 4) is 0 Å². The van der Waals surface area contributed by atoms with E-state index in [1.165, 1.54) is 0 Å². The third-order valence-electron chi connectivity index (χ3n) is 3.16. The Labute approximate surface area is 127 Å². The summed E-state index contributed by atoms with van der Waals surface area (Å²) in [6.07, 6.45) is 1.28. The van der Waals surface area contributed by atoms with Crippen molar-refractivity contribution in [1.29, 1.82) is 0 Å². The van der Waals surface area contributed by atoms with Crippen molar-refractivity contribution in [3.05, 3.63) is 0 Å². The van der Waals surface area contributed by atoms with E-state index < -0.39 is 5.60 Å². The van der Waals surface area contributed by atoms with Gasteiger partial charge in [-0.05, 0) is 33.7 Å². The van der Waals surface area contributed by atoms with Crippen molar-refractivity contribution < 1.29 is 14.3 Å². The molecule has 0 aromatic rings. The zero-order valence-electron chi connectivity index (χ0n) is 13.5. The summed E-state index contributed by atoms with van der Waals surface area (Å²) in [5, 5.41) is 6.16. The molecule has 1 aliphatic rings. The Morgan fingerprint density at radius 2 is 1.86 bits per heavy atom. The van der Waals surface area contributed by atoms with E-state index in [9.17, 15) is 9.59 Å². The number of nitrogens with one attached hydrogen (secondary N) is 2. The van der Waals surface area contributed by atoms with E-state index in [2.05, 4.69) is 15.5 Å². The van der Waals surface area contributed by atoms with Gasteiger partial charge in [0.25, 0.3) is 0 Å². The Bertz CT molecular complexity index is 334. The number of hydrogen-bond acceptors (Lipinski definition) is 5. The lowest BCUT2D eigenvalue weighted by atomic mass is 10.2. The third-order valence-corrected chi connectivity index (χ3v) is 3.16. The lowest BCUT2D eigenvalue weighted by molar-refractivity contribution is -0.155. The van der Waals surface area contributed by atoms with Gasteiger partial charge in [0.2, 0.25) is 5.91 Å². The maximum Gasteiger partial charge on any atom is 0.306 e. The number of carbonyl (C=O) groups is 2. The second-order valence-electron chi connectivity index (χ2n) is 6.38. The van der Waals surface area contributed by atoms with Gasteiger partial charge in [-0.1, -0.05) is 0 Å². The average molecular weight is 299 g/mol. The maximum absolute atomic E-state index is 11.6. The van der Waals surface area contributed by atoms with Gasteiger partial charge in [0.15, 0.2) is 0 Å². The number of ether oxygens (including phenoxy) is 1. The normalized spacial score (nSPS) is 16.5. The molecule has 0 radical (unpaired) electrons. The molecule has 1 rings (SSSR count). The van der Waals surface area contributed by atoms with Crippen LogP contribution in [0, 0.1) is 0 Å². The Kier molecular flexibility index (Phi) is 7.67. The van der Waals surface area contributed by atoms with E-state index in [1.807, 2.05) is 20.8 Å². The first-order valence-electron chi connectivity index (χ1n) is 7.78. The molecule has 122 valence electrons. The second kappa shape index (κ2) is 9.00. The van der Waals surface area contributed by atoms with Gasteiger partial charge in [0.05, 0.1) is 6.42 Å². The van der Waals surface area contributed by atoms with E-state index in [0.29, 0.717) is 6.54 Å². The summed E-state index contributed by atoms with van der Waals surface area (Å²) in [6, 6.07) is 0. The van der Waals surface area contributed by atoms with Crippen molar-refractivity contribution in [2.75, 3.05) is 39.3 Å². The number of amides is 1. The highest BCUT2D eigenvalue weighted by molar-refractivity contribution is 5.81. The Morgan fingerprint density at radius 3 is 2.48 bits per heavy atom. The molecular weight excluding hydrogens is 270 g/mol. The molecule has 0 aromatic heterocycles. The molecule has 0 saturated carbocycles. The van der Waals surface area contributed by atoms with E-state index in [0.717, 1.165) is 39.1 Å². The number of carbonyl (C=O) groups excluding carboxylic acids is 2. The van der Waals surface area contributed by atoms with Crippen LogP contribution in [0.3, 0.4) is 0 Å². The molecule has 21 heavy (non-hydrogen) atoms. The van der Waals surface area contributed by atoms with Crippen LogP contribution in [0.2, 0.25) is 0 Å². The Hall–Kier alpha value is -1.14. The average Bonchev–Trinajstić information content (AvgIpc) is 2.41. The highest BCUT2D eigenvalue weighted by Gasteiger charge is 2.17. The highest BCUT2D eigenvalue weighted by Crippen LogP contribution is 2.08. The van der Waals surface area contributed by atoms with Gasteiger partial charge < -0.3 is 20.3 Å². The van der Waals surface area contributed by atoms with Crippen LogP contribution in [0.1, 0.15) is 40.0 Å². The van der Waals surface area contributed by atoms with Crippen LogP contribution in [-0.4, -0.2) is 61.6 Å². The molecule has 6 heteroatoms. The smallest absolute Gasteiger partial charge is 0.306 e. The molecule has 6 nitrogen and oxygen atoms in total. The lowest BCUT2D eigenvalue weighted by Gasteiger charge is -2.27. The van der Waals surface area contributed by atoms with Crippen LogP contribution < -0.4 is 10.6 Å². The van der Waals surface area contributed by atoms with Crippen LogP contribution >= 0.6 is 0 Å². The number of esters is 1. The van der Waals surface area contributed by atoms with Crippen LogP contribution in [0.15, 0.2) is 0 Å². The molecule has 0 bridgehead atoms. The Balaban J connectivity index is 2.02. The fourth-order valence-corrected chi connectivity index (χ4v) is 2.16. The summed E-state index contributed by atoms with van der Waals surface area (Å²) in [4.78, 5) is 25.5. The minimum absolute atomic E-state index is 0.0822. The first-order valence-corrected chi connectivity index (χ1v) is 7.78. The first-order chi connectivity index (χ1) is 9.87. The van der Waals surface area contributed by atoms with Gasteiger partial charge in [-0.15, -0.1) is 0 Å². The minimum Gasteiger partial charge on any atom is -0.460 e. The number of piperazine rings is 1. The molecule has 1 fully saturated rings. The molecule has 0 atom stereocenters. The van der Waals surface area contributed by atoms with Gasteiger partial charge in [0.1, 0.15) is 5.60 Å². The van der Waals surface area contributed by atoms with Crippen molar-refractivity contribution in [1.82, 2.24) is 15.5 Å². The topological polar surface area (TPSA) is 70.7 Å². The molecule has 1 amide bonds. The molecule has 0 aromatic carbocycles. The van der Waals surface area contributed by atoms with Crippen LogP contribution in [-0.2, 0) is 14.3 Å². The third kappa shape index (κ3) is 9.42. The van der Waals surface area contributed by atoms with Crippen LogP contribution in [0.4, 0.5) is 0 Å². The fourth-order valence-electron chi connectivity index (χ4n) is 2.16. The van der Waals surface area contributed by atoms with E-state index >= 15 is 0 Å². The molecule has 1 saturated heterocycles. The highest BCUT2D eigenvalue weighted by atomic mass is 16.6. The van der Waals surface area contributed by atoms with E-state index in [1.54, 1.807) is 0 Å². The quantitative estimate of drug-likeness (QED) is 0.530. The minimum atomic E-state index is -0.489. The Morgan fingerprint density at radius 1 is 1.19 bits per heavy atom. The number of nitrogens with zero attached hydrogens (tertiary/aromatic N) is 1. The summed E-state index contributed by atoms with van der Waals surface area (Å²) in [5.41, 5.74) is -0.489. The number of rotatable bonds is 7. The van der Waals surface area contributed by atoms with Gasteiger partial charge in [-0.2, -0.15) is 0 Å². The predicted octanol–water partition coefficient (Wildman–Crippen LogP) is 0.520. The summed E-state index contributed by atoms with van der Waals surface area (Å²) in [7, 11) is 0. The van der Waals surface area contributed by atoms with Gasteiger partial charge >= 0.3 is 5.97 Å². The summed E-state index contributed by atoms with van der Waals surface area (Å²) in [6.45, 7) is 11.4. The summed E-state index contributed by atoms with van der Waals surface area (Å²) < 4.78 is 5.16. The molecular formula is C15H29N3O3. The zero-order valence-corrected chi connectivity index (χ0v) is 13.5. The van der Waals surface area contributed by atoms with E-state index in [4.69, 9.17) is 4.74 Å². The standard InChI is InChI=1S/C15H29N3O3/c1-15(2,3)21-14(20)6-5-13(19)17-7-4-10-18-11-8-16-9-12-18/h16H,4-12H2,1-3H3,(H,17,19). The van der Waals surface area contributed by atoms with E-state index in [-0.39, 0.29) is 24.7 Å². The van der Waals surface area contributed by atoms with Gasteiger partial charge in [-0.3, -0.25) is 9.59 Å². The molecule has 1 heterocycles. The van der Waals surface area contributed by atoms with Gasteiger partial charge in [0, 0.05) is 39.1 Å². The summed E-state index contributed by atoms with van der Waals surface area (Å²) in [5.74, 6) is -0.403. The number of hydrogen-bond donors (Lipinski definition) is 2. The second-order valence-corrected chi connectivity index (χ2v) is 6.38. The summed E-state index contributed by atoms with van der Waals surface area (Å²) >= 11 is 0. The first kappa shape index (κ1) is 17.9. The van der Waals surface area contributed by atoms with Crippen molar-refractivity contribution in [3.63, 3.8) is 0 Å². The molecule has 1 aliphatic heterocycles. The molecule has 0 aliphatic carbocycles. The largest absolute Gasteiger partial charge is 0.460 e. The lowest BCUT2D eigenvalue weighted by Crippen LogP contribution is -2.44. The monoisotopic (exact) mass is 299 g/mol. The molecule has 0 unspecified atom stereocenters. The van der Waals surface area contributed by atoms with Crippen LogP contribution in [0.5, 0.6) is 0 Å².